The van der Waals surface area contributed by atoms with Crippen molar-refractivity contribution < 1.29 is 24.6 Å². The highest BCUT2D eigenvalue weighted by Crippen LogP contribution is 2.41. The first-order valence-corrected chi connectivity index (χ1v) is 12.0. The average molecular weight is 483 g/mol. The summed E-state index contributed by atoms with van der Waals surface area (Å²) in [4.78, 5) is 36.1. The lowest BCUT2D eigenvalue weighted by molar-refractivity contribution is -0.134. The maximum atomic E-state index is 12.6. The molecule has 1 aliphatic heterocycles. The fourth-order valence-corrected chi connectivity index (χ4v) is 4.87. The zero-order chi connectivity index (χ0) is 25.7. The Morgan fingerprint density at radius 1 is 1.14 bits per heavy atom. The molecule has 2 aromatic rings. The van der Waals surface area contributed by atoms with Gasteiger partial charge in [0.25, 0.3) is 0 Å². The topological polar surface area (TPSA) is 115 Å². The lowest BCUT2D eigenvalue weighted by Crippen LogP contribution is -2.45. The normalized spacial score (nSPS) is 16.9. The number of rotatable bonds is 6. The highest BCUT2D eigenvalue weighted by molar-refractivity contribution is 5.99. The van der Waals surface area contributed by atoms with Crippen LogP contribution in [0.2, 0.25) is 0 Å². The fourth-order valence-electron chi connectivity index (χ4n) is 4.87. The molecule has 4 rings (SSSR count). The minimum atomic E-state index is -1.26. The van der Waals surface area contributed by atoms with Gasteiger partial charge < -0.3 is 15.1 Å². The third-order valence-electron chi connectivity index (χ3n) is 6.44. The van der Waals surface area contributed by atoms with Crippen LogP contribution in [0.15, 0.2) is 42.6 Å². The molecule has 2 heterocycles. The number of carboxylic acids is 2. The van der Waals surface area contributed by atoms with Crippen molar-refractivity contribution in [3.8, 4) is 0 Å². The molecule has 1 aromatic heterocycles. The monoisotopic (exact) mass is 482 g/mol. The van der Waals surface area contributed by atoms with Crippen LogP contribution in [0.5, 0.6) is 0 Å². The average Bonchev–Trinajstić information content (AvgIpc) is 3.16. The predicted octanol–water partition coefficient (Wildman–Crippen LogP) is 3.78. The van der Waals surface area contributed by atoms with Crippen LogP contribution in [0, 0.1) is 0 Å². The molecule has 2 aliphatic rings. The number of aliphatic carboxylic acids is 2. The summed E-state index contributed by atoms with van der Waals surface area (Å²) in [5, 5.41) is 16.9. The van der Waals surface area contributed by atoms with Crippen LogP contribution in [-0.2, 0) is 16.0 Å². The number of amides is 2. The van der Waals surface area contributed by atoms with Gasteiger partial charge in [0.1, 0.15) is 0 Å². The summed E-state index contributed by atoms with van der Waals surface area (Å²) in [6.07, 6.45) is 7.78. The van der Waals surface area contributed by atoms with Crippen LogP contribution >= 0.6 is 0 Å². The van der Waals surface area contributed by atoms with Gasteiger partial charge in [0.2, 0.25) is 0 Å². The molecule has 9 heteroatoms. The summed E-state index contributed by atoms with van der Waals surface area (Å²) in [7, 11) is 0. The summed E-state index contributed by atoms with van der Waals surface area (Å²) in [5.41, 5.74) is 8.29. The molecular weight excluding hydrogens is 448 g/mol. The predicted molar refractivity (Wildman–Crippen MR) is 136 cm³/mol. The number of aromatic nitrogens is 1. The summed E-state index contributed by atoms with van der Waals surface area (Å²) >= 11 is 0. The summed E-state index contributed by atoms with van der Waals surface area (Å²) in [6.45, 7) is 11.1. The number of benzene rings is 1. The summed E-state index contributed by atoms with van der Waals surface area (Å²) < 4.78 is 1.92. The van der Waals surface area contributed by atoms with Crippen LogP contribution < -0.4 is 5.43 Å². The molecule has 0 bridgehead atoms. The second-order valence-electron chi connectivity index (χ2n) is 8.82. The highest BCUT2D eigenvalue weighted by atomic mass is 16.4. The van der Waals surface area contributed by atoms with Gasteiger partial charge in [-0.05, 0) is 63.3 Å². The number of urea groups is 1. The molecule has 9 nitrogen and oxygen atoms in total. The second kappa shape index (κ2) is 11.2. The van der Waals surface area contributed by atoms with E-state index in [1.165, 1.54) is 22.1 Å². The van der Waals surface area contributed by atoms with Gasteiger partial charge in [-0.2, -0.15) is 0 Å². The smallest absolute Gasteiger partial charge is 0.336 e. The lowest BCUT2D eigenvalue weighted by atomic mass is 9.81. The van der Waals surface area contributed by atoms with Crippen molar-refractivity contribution in [3.63, 3.8) is 0 Å². The number of fused-ring (bicyclic) bond motifs is 2. The van der Waals surface area contributed by atoms with Gasteiger partial charge in [0, 0.05) is 55.5 Å². The molecule has 2 amide bonds. The number of carbonyl (C=O) groups excluding carboxylic acids is 1. The van der Waals surface area contributed by atoms with Gasteiger partial charge in [-0.15, -0.1) is 0 Å². The van der Waals surface area contributed by atoms with Gasteiger partial charge >= 0.3 is 18.0 Å². The largest absolute Gasteiger partial charge is 0.478 e. The Morgan fingerprint density at radius 3 is 2.37 bits per heavy atom. The minimum absolute atomic E-state index is 0.0476. The maximum absolute atomic E-state index is 12.6. The number of carboxylic acid groups (broad SMARTS) is 2. The third kappa shape index (κ3) is 5.74. The second-order valence-corrected chi connectivity index (χ2v) is 8.82. The van der Waals surface area contributed by atoms with E-state index in [1.807, 2.05) is 18.5 Å². The number of hydrogen-bond acceptors (Lipinski definition) is 4. The van der Waals surface area contributed by atoms with E-state index in [-0.39, 0.29) is 6.03 Å². The molecule has 0 unspecified atom stereocenters. The first kappa shape index (κ1) is 26.0. The fraction of sp³-hybridized carbons (Fsp3) is 0.423. The van der Waals surface area contributed by atoms with E-state index in [2.05, 4.69) is 54.6 Å². The molecule has 0 spiro atoms. The van der Waals surface area contributed by atoms with Crippen molar-refractivity contribution in [1.82, 2.24) is 14.5 Å². The first-order chi connectivity index (χ1) is 16.7. The lowest BCUT2D eigenvalue weighted by Gasteiger charge is -2.41. The molecule has 0 radical (unpaired) electrons. The van der Waals surface area contributed by atoms with Crippen LogP contribution in [0.1, 0.15) is 45.2 Å². The van der Waals surface area contributed by atoms with E-state index in [1.54, 1.807) is 4.90 Å². The van der Waals surface area contributed by atoms with E-state index < -0.39 is 11.9 Å². The van der Waals surface area contributed by atoms with Crippen LogP contribution in [0.4, 0.5) is 4.79 Å². The highest BCUT2D eigenvalue weighted by Gasteiger charge is 2.34. The van der Waals surface area contributed by atoms with E-state index in [4.69, 9.17) is 10.2 Å². The molecule has 0 saturated heterocycles. The molecule has 1 aliphatic carbocycles. The van der Waals surface area contributed by atoms with Crippen molar-refractivity contribution >= 4 is 34.4 Å². The number of hydrogen-bond donors (Lipinski definition) is 3. The van der Waals surface area contributed by atoms with Crippen molar-refractivity contribution in [3.05, 3.63) is 53.8 Å². The Bertz CT molecular complexity index is 1140. The Balaban J connectivity index is 0.000000371. The molecule has 0 saturated carbocycles. The van der Waals surface area contributed by atoms with E-state index in [0.717, 1.165) is 24.9 Å². The van der Waals surface area contributed by atoms with E-state index in [0.29, 0.717) is 37.3 Å². The van der Waals surface area contributed by atoms with Crippen molar-refractivity contribution in [2.75, 3.05) is 25.1 Å². The van der Waals surface area contributed by atoms with Crippen LogP contribution in [0.3, 0.4) is 0 Å². The summed E-state index contributed by atoms with van der Waals surface area (Å²) in [5.74, 6) is -2.51. The van der Waals surface area contributed by atoms with Crippen molar-refractivity contribution in [2.45, 2.75) is 52.6 Å². The Morgan fingerprint density at radius 2 is 1.80 bits per heavy atom. The number of nitrogens with one attached hydrogen (secondary N) is 1. The molecule has 1 atom stereocenters. The first-order valence-electron chi connectivity index (χ1n) is 12.0. The standard InChI is InChI=1S/C22H30N4O.C4H4O4/c1-5-24(6-2)22(27)23-26-14-16-13-20-17(10-8-12-25(20)15(3)4)18-9-7-11-19(26)21(16)18;5-3(6)1-2-4(7)8/h7,9-11,14-15,20H,5-6,8,12-13H2,1-4H3,(H,23,27);1-2H,(H,5,6)(H,7,8)/b;2-1-/t20-;/m1./s1. The van der Waals surface area contributed by atoms with E-state index >= 15 is 0 Å². The van der Waals surface area contributed by atoms with Gasteiger partial charge in [-0.3, -0.25) is 9.58 Å². The molecule has 35 heavy (non-hydrogen) atoms. The van der Waals surface area contributed by atoms with Gasteiger partial charge in [-0.1, -0.05) is 18.2 Å². The summed E-state index contributed by atoms with van der Waals surface area (Å²) in [6, 6.07) is 7.38. The maximum Gasteiger partial charge on any atom is 0.336 e. The molecule has 0 fully saturated rings. The van der Waals surface area contributed by atoms with Crippen molar-refractivity contribution in [1.29, 1.82) is 0 Å². The SMILES string of the molecule is CCN(CC)C(=O)Nn1cc2c3c(cccc31)C1=CCCN(C(C)C)[C@@H]1C2.O=C(O)/C=C\C(=O)O. The molecule has 188 valence electrons. The molecule has 1 aromatic carbocycles. The molecule has 3 N–H and O–H groups in total. The Kier molecular flexibility index (Phi) is 8.34. The van der Waals surface area contributed by atoms with Crippen LogP contribution in [-0.4, -0.2) is 74.4 Å². The quantitative estimate of drug-likeness (QED) is 0.540. The third-order valence-corrected chi connectivity index (χ3v) is 6.44. The number of carbonyl (C=O) groups is 3. The van der Waals surface area contributed by atoms with Crippen molar-refractivity contribution in [2.24, 2.45) is 0 Å². The minimum Gasteiger partial charge on any atom is -0.478 e. The van der Waals surface area contributed by atoms with E-state index in [9.17, 15) is 14.4 Å². The van der Waals surface area contributed by atoms with Gasteiger partial charge in [-0.25, -0.2) is 19.8 Å². The zero-order valence-electron chi connectivity index (χ0n) is 20.7. The van der Waals surface area contributed by atoms with Crippen LogP contribution in [0.25, 0.3) is 16.5 Å². The number of nitrogens with zero attached hydrogens (tertiary/aromatic N) is 3. The van der Waals surface area contributed by atoms with Gasteiger partial charge in [0.05, 0.1) is 5.52 Å². The Hall–Kier alpha value is -3.59. The zero-order valence-corrected chi connectivity index (χ0v) is 20.7. The van der Waals surface area contributed by atoms with Gasteiger partial charge in [0.15, 0.2) is 0 Å². The Labute approximate surface area is 205 Å². The molecular formula is C26H34N4O5.